The Morgan fingerprint density at radius 1 is 1.35 bits per heavy atom. The first kappa shape index (κ1) is 14.9. The lowest BCUT2D eigenvalue weighted by atomic mass is 9.98. The highest BCUT2D eigenvalue weighted by molar-refractivity contribution is 6.06. The summed E-state index contributed by atoms with van der Waals surface area (Å²) >= 11 is 0. The van der Waals surface area contributed by atoms with Crippen LogP contribution in [0, 0.1) is 0 Å². The summed E-state index contributed by atoms with van der Waals surface area (Å²) in [4.78, 5) is 39.0. The first-order valence-electron chi connectivity index (χ1n) is 6.93. The average Bonchev–Trinajstić information content (AvgIpc) is 2.37. The van der Waals surface area contributed by atoms with Crippen molar-refractivity contribution in [3.05, 3.63) is 0 Å². The molecule has 3 amide bonds. The largest absolute Gasteiger partial charge is 0.328 e. The van der Waals surface area contributed by atoms with E-state index in [2.05, 4.69) is 5.32 Å². The summed E-state index contributed by atoms with van der Waals surface area (Å²) in [6.07, 6.45) is 1.74. The van der Waals surface area contributed by atoms with Crippen LogP contribution in [0.25, 0.3) is 0 Å². The molecule has 2 rings (SSSR count). The van der Waals surface area contributed by atoms with Crippen molar-refractivity contribution >= 4 is 17.7 Å². The smallest absolute Gasteiger partial charge is 0.252 e. The number of carbonyl (C=O) groups excluding carboxylic acids is 3. The predicted octanol–water partition coefficient (Wildman–Crippen LogP) is -1.33. The molecule has 20 heavy (non-hydrogen) atoms. The SMILES string of the molecule is CC1(C)C(=O)NC(=O)CN1C(=O)CN1CCC(N)CC1. The van der Waals surface area contributed by atoms with Gasteiger partial charge in [-0.15, -0.1) is 0 Å². The third kappa shape index (κ3) is 2.99. The number of piperidine rings is 1. The lowest BCUT2D eigenvalue weighted by Gasteiger charge is -2.41. The topological polar surface area (TPSA) is 95.7 Å². The number of nitrogens with zero attached hydrogens (tertiary/aromatic N) is 2. The molecule has 0 aromatic rings. The zero-order valence-electron chi connectivity index (χ0n) is 12.0. The molecule has 0 saturated carbocycles. The molecule has 2 aliphatic heterocycles. The van der Waals surface area contributed by atoms with E-state index in [1.807, 2.05) is 4.90 Å². The predicted molar refractivity (Wildman–Crippen MR) is 72.6 cm³/mol. The molecule has 0 spiro atoms. The average molecular weight is 282 g/mol. The van der Waals surface area contributed by atoms with Gasteiger partial charge in [0.25, 0.3) is 5.91 Å². The molecule has 2 aliphatic rings. The molecular weight excluding hydrogens is 260 g/mol. The van der Waals surface area contributed by atoms with Gasteiger partial charge in [0, 0.05) is 19.1 Å². The quantitative estimate of drug-likeness (QED) is 0.612. The summed E-state index contributed by atoms with van der Waals surface area (Å²) in [7, 11) is 0. The van der Waals surface area contributed by atoms with Crippen LogP contribution in [0.4, 0.5) is 0 Å². The van der Waals surface area contributed by atoms with Gasteiger partial charge in [0.1, 0.15) is 12.1 Å². The van der Waals surface area contributed by atoms with Gasteiger partial charge in [0.15, 0.2) is 0 Å². The van der Waals surface area contributed by atoms with Crippen LogP contribution in [0.1, 0.15) is 26.7 Å². The number of nitrogens with one attached hydrogen (secondary N) is 1. The molecule has 0 unspecified atom stereocenters. The highest BCUT2D eigenvalue weighted by Gasteiger charge is 2.43. The second-order valence-electron chi connectivity index (χ2n) is 6.03. The van der Waals surface area contributed by atoms with Gasteiger partial charge in [0.2, 0.25) is 11.8 Å². The van der Waals surface area contributed by atoms with Crippen LogP contribution in [0.5, 0.6) is 0 Å². The van der Waals surface area contributed by atoms with Crippen molar-refractivity contribution in [1.29, 1.82) is 0 Å². The lowest BCUT2D eigenvalue weighted by molar-refractivity contribution is -0.156. The monoisotopic (exact) mass is 282 g/mol. The van der Waals surface area contributed by atoms with Crippen LogP contribution < -0.4 is 11.1 Å². The third-order valence-electron chi connectivity index (χ3n) is 4.08. The van der Waals surface area contributed by atoms with E-state index in [1.165, 1.54) is 4.90 Å². The van der Waals surface area contributed by atoms with E-state index in [4.69, 9.17) is 5.73 Å². The van der Waals surface area contributed by atoms with Crippen molar-refractivity contribution in [2.24, 2.45) is 5.73 Å². The van der Waals surface area contributed by atoms with Crippen LogP contribution in [0.15, 0.2) is 0 Å². The van der Waals surface area contributed by atoms with Gasteiger partial charge < -0.3 is 10.6 Å². The minimum atomic E-state index is -0.989. The first-order chi connectivity index (χ1) is 9.30. The Labute approximate surface area is 118 Å². The first-order valence-corrected chi connectivity index (χ1v) is 6.93. The Bertz CT molecular complexity index is 427. The summed E-state index contributed by atoms with van der Waals surface area (Å²) in [6, 6.07) is 0.208. The molecule has 0 aromatic carbocycles. The van der Waals surface area contributed by atoms with E-state index in [-0.39, 0.29) is 25.0 Å². The second kappa shape index (κ2) is 5.49. The maximum atomic E-state index is 12.4. The fourth-order valence-corrected chi connectivity index (χ4v) is 2.57. The summed E-state index contributed by atoms with van der Waals surface area (Å²) in [6.45, 7) is 5.03. The van der Waals surface area contributed by atoms with Crippen molar-refractivity contribution < 1.29 is 14.4 Å². The van der Waals surface area contributed by atoms with E-state index in [0.29, 0.717) is 0 Å². The molecule has 2 fully saturated rings. The van der Waals surface area contributed by atoms with Crippen molar-refractivity contribution in [3.63, 3.8) is 0 Å². The van der Waals surface area contributed by atoms with Crippen LogP contribution in [0.3, 0.4) is 0 Å². The number of amides is 3. The van der Waals surface area contributed by atoms with Crippen LogP contribution in [-0.2, 0) is 14.4 Å². The van der Waals surface area contributed by atoms with Crippen molar-refractivity contribution in [2.45, 2.75) is 38.3 Å². The molecule has 2 saturated heterocycles. The number of hydrogen-bond donors (Lipinski definition) is 2. The van der Waals surface area contributed by atoms with Crippen molar-refractivity contribution in [1.82, 2.24) is 15.1 Å². The van der Waals surface area contributed by atoms with Crippen LogP contribution >= 0.6 is 0 Å². The maximum Gasteiger partial charge on any atom is 0.252 e. The summed E-state index contributed by atoms with van der Waals surface area (Å²) in [5, 5.41) is 2.26. The third-order valence-corrected chi connectivity index (χ3v) is 4.08. The highest BCUT2D eigenvalue weighted by atomic mass is 16.2. The maximum absolute atomic E-state index is 12.4. The zero-order valence-corrected chi connectivity index (χ0v) is 12.0. The van der Waals surface area contributed by atoms with Gasteiger partial charge in [-0.3, -0.25) is 24.6 Å². The van der Waals surface area contributed by atoms with E-state index >= 15 is 0 Å². The molecule has 0 radical (unpaired) electrons. The van der Waals surface area contributed by atoms with Crippen LogP contribution in [-0.4, -0.2) is 65.3 Å². The normalized spacial score (nSPS) is 24.6. The van der Waals surface area contributed by atoms with E-state index in [0.717, 1.165) is 25.9 Å². The van der Waals surface area contributed by atoms with Gasteiger partial charge in [-0.25, -0.2) is 0 Å². The summed E-state index contributed by atoms with van der Waals surface area (Å²) < 4.78 is 0. The molecule has 2 heterocycles. The Kier molecular flexibility index (Phi) is 4.10. The molecule has 0 atom stereocenters. The van der Waals surface area contributed by atoms with Crippen molar-refractivity contribution in [2.75, 3.05) is 26.2 Å². The molecule has 7 heteroatoms. The Morgan fingerprint density at radius 3 is 2.55 bits per heavy atom. The number of hydrogen-bond acceptors (Lipinski definition) is 5. The molecule has 112 valence electrons. The number of piperazine rings is 1. The fourth-order valence-electron chi connectivity index (χ4n) is 2.57. The van der Waals surface area contributed by atoms with Gasteiger partial charge in [0.05, 0.1) is 6.54 Å². The Hall–Kier alpha value is -1.47. The van der Waals surface area contributed by atoms with Crippen molar-refractivity contribution in [3.8, 4) is 0 Å². The Morgan fingerprint density at radius 2 is 1.95 bits per heavy atom. The minimum absolute atomic E-state index is 0.0646. The summed E-state index contributed by atoms with van der Waals surface area (Å²) in [5.74, 6) is -1.04. The summed E-state index contributed by atoms with van der Waals surface area (Å²) in [5.41, 5.74) is 4.84. The number of carbonyl (C=O) groups is 3. The Balaban J connectivity index is 2.00. The lowest BCUT2D eigenvalue weighted by Crippen LogP contribution is -2.66. The molecule has 3 N–H and O–H groups in total. The van der Waals surface area contributed by atoms with Gasteiger partial charge in [-0.1, -0.05) is 0 Å². The number of imide groups is 1. The van der Waals surface area contributed by atoms with Gasteiger partial charge in [-0.05, 0) is 26.7 Å². The molecule has 0 bridgehead atoms. The van der Waals surface area contributed by atoms with E-state index < -0.39 is 17.4 Å². The second-order valence-corrected chi connectivity index (χ2v) is 6.03. The molecule has 7 nitrogen and oxygen atoms in total. The number of likely N-dealkylation sites (tertiary alicyclic amines) is 1. The highest BCUT2D eigenvalue weighted by Crippen LogP contribution is 2.19. The van der Waals surface area contributed by atoms with E-state index in [1.54, 1.807) is 13.8 Å². The van der Waals surface area contributed by atoms with Crippen LogP contribution in [0.2, 0.25) is 0 Å². The zero-order chi connectivity index (χ0) is 14.9. The minimum Gasteiger partial charge on any atom is -0.328 e. The standard InChI is InChI=1S/C13H22N4O3/c1-13(2)12(20)15-10(18)7-17(13)11(19)8-16-5-3-9(14)4-6-16/h9H,3-8,14H2,1-2H3,(H,15,18,20). The van der Waals surface area contributed by atoms with Gasteiger partial charge in [-0.2, -0.15) is 0 Å². The molecular formula is C13H22N4O3. The number of nitrogens with two attached hydrogens (primary N) is 1. The number of rotatable bonds is 2. The molecule has 0 aromatic heterocycles. The van der Waals surface area contributed by atoms with Gasteiger partial charge >= 0.3 is 0 Å². The molecule has 0 aliphatic carbocycles. The fraction of sp³-hybridized carbons (Fsp3) is 0.769. The van der Waals surface area contributed by atoms with E-state index in [9.17, 15) is 14.4 Å².